The molecule has 0 saturated carbocycles. The van der Waals surface area contributed by atoms with E-state index in [1.165, 1.54) is 5.69 Å². The third-order valence-corrected chi connectivity index (χ3v) is 6.13. The van der Waals surface area contributed by atoms with Crippen LogP contribution in [0.4, 0.5) is 5.69 Å². The van der Waals surface area contributed by atoms with Gasteiger partial charge in [-0.1, -0.05) is 24.3 Å². The Hall–Kier alpha value is -2.57. The van der Waals surface area contributed by atoms with Crippen molar-refractivity contribution in [1.82, 2.24) is 4.98 Å². The van der Waals surface area contributed by atoms with Gasteiger partial charge in [0.1, 0.15) is 17.2 Å². The molecule has 1 fully saturated rings. The summed E-state index contributed by atoms with van der Waals surface area (Å²) in [4.78, 5) is 8.94. The van der Waals surface area contributed by atoms with Gasteiger partial charge in [0, 0.05) is 11.1 Å². The summed E-state index contributed by atoms with van der Waals surface area (Å²) in [6, 6.07) is 16.6. The van der Waals surface area contributed by atoms with Gasteiger partial charge in [-0.3, -0.25) is 0 Å². The first-order valence-electron chi connectivity index (χ1n) is 9.58. The van der Waals surface area contributed by atoms with Crippen LogP contribution in [-0.2, 0) is 6.54 Å². The molecule has 0 atom stereocenters. The molecule has 1 N–H and O–H groups in total. The van der Waals surface area contributed by atoms with Crippen molar-refractivity contribution < 1.29 is 14.4 Å². The molecule has 0 aliphatic carbocycles. The number of thiazole rings is 1. The van der Waals surface area contributed by atoms with Crippen LogP contribution in [0.2, 0.25) is 0 Å². The van der Waals surface area contributed by atoms with Gasteiger partial charge in [-0.25, -0.2) is 4.98 Å². The van der Waals surface area contributed by atoms with Crippen molar-refractivity contribution in [3.63, 3.8) is 0 Å². The Bertz CT molecular complexity index is 905. The Morgan fingerprint density at radius 2 is 1.79 bits per heavy atom. The Labute approximate surface area is 170 Å². The van der Waals surface area contributed by atoms with Gasteiger partial charge in [0.2, 0.25) is 0 Å². The van der Waals surface area contributed by atoms with Crippen molar-refractivity contribution >= 4 is 17.0 Å². The summed E-state index contributed by atoms with van der Waals surface area (Å²) in [7, 11) is 3.33. The van der Waals surface area contributed by atoms with Crippen LogP contribution >= 0.6 is 11.3 Å². The summed E-state index contributed by atoms with van der Waals surface area (Å²) in [6.45, 7) is 5.39. The zero-order valence-electron chi connectivity index (χ0n) is 16.4. The van der Waals surface area contributed by atoms with E-state index < -0.39 is 0 Å². The van der Waals surface area contributed by atoms with Crippen LogP contribution in [0, 0.1) is 0 Å². The van der Waals surface area contributed by atoms with Gasteiger partial charge in [0.05, 0.1) is 46.0 Å². The van der Waals surface area contributed by atoms with E-state index >= 15 is 0 Å². The van der Waals surface area contributed by atoms with Gasteiger partial charge in [-0.2, -0.15) is 0 Å². The Morgan fingerprint density at radius 1 is 1.00 bits per heavy atom. The first-order chi connectivity index (χ1) is 13.8. The third-order valence-electron chi connectivity index (χ3n) is 5.21. The maximum absolute atomic E-state index is 5.57. The highest BCUT2D eigenvalue weighted by Crippen LogP contribution is 2.38. The van der Waals surface area contributed by atoms with Crippen molar-refractivity contribution in [3.05, 3.63) is 59.6 Å². The number of hydrogen-bond acceptors (Lipinski definition) is 5. The number of rotatable bonds is 6. The second-order valence-corrected chi connectivity index (χ2v) is 7.79. The van der Waals surface area contributed by atoms with Crippen molar-refractivity contribution in [3.8, 4) is 22.1 Å². The van der Waals surface area contributed by atoms with E-state index in [4.69, 9.17) is 14.5 Å². The zero-order chi connectivity index (χ0) is 19.3. The highest BCUT2D eigenvalue weighted by Gasteiger charge is 2.22. The van der Waals surface area contributed by atoms with Gasteiger partial charge in [0.15, 0.2) is 11.5 Å². The molecule has 1 aromatic heterocycles. The topological polar surface area (TPSA) is 39.0 Å². The molecule has 5 nitrogen and oxygen atoms in total. The lowest BCUT2D eigenvalue weighted by Gasteiger charge is -2.33. The van der Waals surface area contributed by atoms with Gasteiger partial charge in [-0.15, -0.1) is 11.3 Å². The number of quaternary nitrogens is 1. The predicted molar refractivity (Wildman–Crippen MR) is 114 cm³/mol. The summed E-state index contributed by atoms with van der Waals surface area (Å²) in [5, 5.41) is 3.15. The van der Waals surface area contributed by atoms with Crippen molar-refractivity contribution in [2.45, 2.75) is 6.54 Å². The largest absolute Gasteiger partial charge is 0.493 e. The van der Waals surface area contributed by atoms with Gasteiger partial charge in [-0.05, 0) is 24.3 Å². The Morgan fingerprint density at radius 3 is 2.50 bits per heavy atom. The highest BCUT2D eigenvalue weighted by atomic mass is 32.1. The van der Waals surface area contributed by atoms with Crippen LogP contribution in [0.15, 0.2) is 53.9 Å². The zero-order valence-corrected chi connectivity index (χ0v) is 17.2. The van der Waals surface area contributed by atoms with Crippen LogP contribution in [0.1, 0.15) is 5.69 Å². The van der Waals surface area contributed by atoms with E-state index in [1.54, 1.807) is 30.5 Å². The molecule has 146 valence electrons. The molecule has 1 aliphatic heterocycles. The maximum Gasteiger partial charge on any atom is 0.170 e. The number of nitrogens with zero attached hydrogens (tertiary/aromatic N) is 2. The maximum atomic E-state index is 5.57. The van der Waals surface area contributed by atoms with Gasteiger partial charge >= 0.3 is 0 Å². The van der Waals surface area contributed by atoms with E-state index in [2.05, 4.69) is 40.6 Å². The fourth-order valence-corrected chi connectivity index (χ4v) is 4.56. The lowest BCUT2D eigenvalue weighted by atomic mass is 10.2. The smallest absolute Gasteiger partial charge is 0.170 e. The van der Waals surface area contributed by atoms with Gasteiger partial charge < -0.3 is 19.3 Å². The Balaban J connectivity index is 1.41. The Kier molecular flexibility index (Phi) is 5.78. The number of piperazine rings is 1. The molecule has 1 aliphatic rings. The van der Waals surface area contributed by atoms with Crippen LogP contribution in [0.25, 0.3) is 10.6 Å². The molecule has 2 aromatic carbocycles. The predicted octanol–water partition coefficient (Wildman–Crippen LogP) is 2.73. The van der Waals surface area contributed by atoms with E-state index in [0.29, 0.717) is 0 Å². The van der Waals surface area contributed by atoms with Crippen molar-refractivity contribution in [2.24, 2.45) is 0 Å². The van der Waals surface area contributed by atoms with E-state index in [-0.39, 0.29) is 0 Å². The molecule has 2 heterocycles. The summed E-state index contributed by atoms with van der Waals surface area (Å²) in [5.74, 6) is 1.48. The second kappa shape index (κ2) is 8.63. The molecule has 0 spiro atoms. The second-order valence-electron chi connectivity index (χ2n) is 6.93. The van der Waals surface area contributed by atoms with E-state index in [9.17, 15) is 0 Å². The number of benzene rings is 2. The fraction of sp³-hybridized carbons (Fsp3) is 0.318. The van der Waals surface area contributed by atoms with Crippen molar-refractivity contribution in [2.75, 3.05) is 45.3 Å². The third kappa shape index (κ3) is 3.98. The summed E-state index contributed by atoms with van der Waals surface area (Å²) >= 11 is 1.67. The first kappa shape index (κ1) is 18.8. The van der Waals surface area contributed by atoms with Gasteiger partial charge in [0.25, 0.3) is 0 Å². The molecule has 1 saturated heterocycles. The number of nitrogens with one attached hydrogen (secondary N) is 1. The average Bonchev–Trinajstić information content (AvgIpc) is 3.22. The van der Waals surface area contributed by atoms with E-state index in [0.717, 1.165) is 60.5 Å². The van der Waals surface area contributed by atoms with Crippen LogP contribution in [-0.4, -0.2) is 45.4 Å². The molecular weight excluding hydrogens is 370 g/mol. The minimum Gasteiger partial charge on any atom is -0.493 e. The number of hydrogen-bond donors (Lipinski definition) is 1. The first-order valence-corrected chi connectivity index (χ1v) is 10.5. The van der Waals surface area contributed by atoms with Crippen molar-refractivity contribution in [1.29, 1.82) is 0 Å². The fourth-order valence-electron chi connectivity index (χ4n) is 3.72. The molecule has 4 rings (SSSR count). The SMILES string of the molecule is COc1cccc(-c2nc(C[NH+]3CCN(c4ccccc4)CC3)cs2)c1OC. The summed E-state index contributed by atoms with van der Waals surface area (Å²) in [6.07, 6.45) is 0. The lowest BCUT2D eigenvalue weighted by Crippen LogP contribution is -3.13. The number of aromatic nitrogens is 1. The number of ether oxygens (including phenoxy) is 2. The minimum absolute atomic E-state index is 0.736. The standard InChI is InChI=1S/C22H25N3O2S/c1-26-20-10-6-9-19(21(20)27-2)22-23-17(16-28-22)15-24-11-13-25(14-12-24)18-7-4-3-5-8-18/h3-10,16H,11-15H2,1-2H3/p+1. The van der Waals surface area contributed by atoms with E-state index in [1.807, 2.05) is 18.2 Å². The van der Waals surface area contributed by atoms with Crippen LogP contribution < -0.4 is 19.3 Å². The molecule has 0 radical (unpaired) electrons. The molecule has 3 aromatic rings. The minimum atomic E-state index is 0.736. The highest BCUT2D eigenvalue weighted by molar-refractivity contribution is 7.13. The molecule has 0 amide bonds. The monoisotopic (exact) mass is 396 g/mol. The molecule has 0 unspecified atom stereocenters. The molecule has 6 heteroatoms. The number of methoxy groups -OCH3 is 2. The molecule has 0 bridgehead atoms. The number of para-hydroxylation sites is 2. The molecule has 28 heavy (non-hydrogen) atoms. The van der Waals surface area contributed by atoms with Crippen LogP contribution in [0.3, 0.4) is 0 Å². The summed E-state index contributed by atoms with van der Waals surface area (Å²) < 4.78 is 11.0. The molecular formula is C22H26N3O2S+. The summed E-state index contributed by atoms with van der Waals surface area (Å²) in [5.41, 5.74) is 3.46. The lowest BCUT2D eigenvalue weighted by molar-refractivity contribution is -0.914. The quantitative estimate of drug-likeness (QED) is 0.695. The number of anilines is 1. The van der Waals surface area contributed by atoms with Crippen LogP contribution in [0.5, 0.6) is 11.5 Å². The normalized spacial score (nSPS) is 14.9. The average molecular weight is 397 g/mol.